The molecular formula is C8H18O2. The lowest BCUT2D eigenvalue weighted by Crippen LogP contribution is -2.13. The highest BCUT2D eigenvalue weighted by molar-refractivity contribution is 4.57. The molecule has 1 N–H and O–H groups in total. The van der Waals surface area contributed by atoms with Crippen molar-refractivity contribution in [1.29, 1.82) is 0 Å². The summed E-state index contributed by atoms with van der Waals surface area (Å²) < 4.78 is 0. The number of hydrogen-bond donors (Lipinski definition) is 1. The van der Waals surface area contributed by atoms with Gasteiger partial charge in [0.05, 0.1) is 6.10 Å². The van der Waals surface area contributed by atoms with Crippen molar-refractivity contribution in [3.8, 4) is 0 Å². The molecule has 0 fully saturated rings. The van der Waals surface area contributed by atoms with E-state index in [4.69, 9.17) is 5.26 Å². The van der Waals surface area contributed by atoms with Crippen LogP contribution < -0.4 is 0 Å². The Balaban J connectivity index is 3.39. The summed E-state index contributed by atoms with van der Waals surface area (Å²) in [6.07, 6.45) is 3.02. The molecule has 0 aliphatic carbocycles. The second kappa shape index (κ2) is 5.69. The maximum Gasteiger partial charge on any atom is 0.0929 e. The molecule has 0 heterocycles. The topological polar surface area (TPSA) is 29.5 Å². The summed E-state index contributed by atoms with van der Waals surface area (Å²) >= 11 is 0. The molecule has 0 spiro atoms. The van der Waals surface area contributed by atoms with Gasteiger partial charge in [-0.2, -0.15) is 0 Å². The van der Waals surface area contributed by atoms with Crippen molar-refractivity contribution in [3.05, 3.63) is 0 Å². The molecule has 2 heteroatoms. The van der Waals surface area contributed by atoms with E-state index in [1.807, 2.05) is 0 Å². The first-order valence-electron chi connectivity index (χ1n) is 4.00. The average molecular weight is 146 g/mol. The van der Waals surface area contributed by atoms with Gasteiger partial charge in [0.2, 0.25) is 0 Å². The molecule has 0 rings (SSSR count). The van der Waals surface area contributed by atoms with Crippen molar-refractivity contribution in [3.63, 3.8) is 0 Å². The van der Waals surface area contributed by atoms with Gasteiger partial charge in [0, 0.05) is 0 Å². The van der Waals surface area contributed by atoms with Crippen LogP contribution in [0.25, 0.3) is 0 Å². The first kappa shape index (κ1) is 9.92. The SMILES string of the molecule is CCCC(CC(C)C)OO. The second-order valence-corrected chi connectivity index (χ2v) is 3.15. The monoisotopic (exact) mass is 146 g/mol. The van der Waals surface area contributed by atoms with Crippen LogP contribution in [0, 0.1) is 5.92 Å². The summed E-state index contributed by atoms with van der Waals surface area (Å²) in [5.41, 5.74) is 0. The van der Waals surface area contributed by atoms with Crippen molar-refractivity contribution in [2.24, 2.45) is 5.92 Å². The molecule has 1 unspecified atom stereocenters. The molecule has 0 aliphatic rings. The standard InChI is InChI=1S/C8H18O2/c1-4-5-8(10-9)6-7(2)3/h7-9H,4-6H2,1-3H3. The Bertz CT molecular complexity index is 71.7. The van der Waals surface area contributed by atoms with Crippen molar-refractivity contribution >= 4 is 0 Å². The van der Waals surface area contributed by atoms with Gasteiger partial charge in [-0.25, -0.2) is 4.89 Å². The van der Waals surface area contributed by atoms with E-state index in [0.29, 0.717) is 5.92 Å². The Labute approximate surface area is 63.1 Å². The third-order valence-corrected chi connectivity index (χ3v) is 1.49. The minimum atomic E-state index is 0.0463. The lowest BCUT2D eigenvalue weighted by molar-refractivity contribution is -0.282. The van der Waals surface area contributed by atoms with Crippen LogP contribution in [-0.2, 0) is 4.89 Å². The zero-order valence-electron chi connectivity index (χ0n) is 7.13. The molecule has 0 saturated heterocycles. The third-order valence-electron chi connectivity index (χ3n) is 1.49. The van der Waals surface area contributed by atoms with E-state index < -0.39 is 0 Å². The first-order chi connectivity index (χ1) is 4.70. The fraction of sp³-hybridized carbons (Fsp3) is 1.00. The fourth-order valence-electron chi connectivity index (χ4n) is 1.06. The highest BCUT2D eigenvalue weighted by atomic mass is 17.1. The maximum atomic E-state index is 8.41. The number of hydrogen-bond acceptors (Lipinski definition) is 2. The van der Waals surface area contributed by atoms with Gasteiger partial charge in [0.15, 0.2) is 0 Å². The van der Waals surface area contributed by atoms with Crippen LogP contribution in [0.5, 0.6) is 0 Å². The van der Waals surface area contributed by atoms with E-state index in [1.54, 1.807) is 0 Å². The smallest absolute Gasteiger partial charge is 0.0929 e. The Morgan fingerprint density at radius 2 is 2.00 bits per heavy atom. The molecular weight excluding hydrogens is 128 g/mol. The van der Waals surface area contributed by atoms with Crippen LogP contribution in [0.4, 0.5) is 0 Å². The van der Waals surface area contributed by atoms with Gasteiger partial charge in [0.1, 0.15) is 0 Å². The zero-order valence-corrected chi connectivity index (χ0v) is 7.13. The Morgan fingerprint density at radius 3 is 2.30 bits per heavy atom. The minimum Gasteiger partial charge on any atom is -0.252 e. The molecule has 10 heavy (non-hydrogen) atoms. The summed E-state index contributed by atoms with van der Waals surface area (Å²) in [5, 5.41) is 8.41. The fourth-order valence-corrected chi connectivity index (χ4v) is 1.06. The Kier molecular flexibility index (Phi) is 5.64. The molecule has 62 valence electrons. The van der Waals surface area contributed by atoms with Crippen LogP contribution in [0.15, 0.2) is 0 Å². The molecule has 0 bridgehead atoms. The maximum absolute atomic E-state index is 8.41. The van der Waals surface area contributed by atoms with E-state index >= 15 is 0 Å². The first-order valence-corrected chi connectivity index (χ1v) is 4.00. The van der Waals surface area contributed by atoms with Crippen LogP contribution in [0.2, 0.25) is 0 Å². The van der Waals surface area contributed by atoms with Crippen LogP contribution in [-0.4, -0.2) is 11.4 Å². The molecule has 0 aromatic rings. The number of rotatable bonds is 5. The molecule has 1 atom stereocenters. The van der Waals surface area contributed by atoms with E-state index in [2.05, 4.69) is 25.7 Å². The quantitative estimate of drug-likeness (QED) is 0.477. The molecule has 0 saturated carbocycles. The predicted molar refractivity (Wildman–Crippen MR) is 41.9 cm³/mol. The third kappa shape index (κ3) is 4.77. The van der Waals surface area contributed by atoms with Gasteiger partial charge in [0.25, 0.3) is 0 Å². The van der Waals surface area contributed by atoms with Gasteiger partial charge in [-0.3, -0.25) is 5.26 Å². The van der Waals surface area contributed by atoms with Gasteiger partial charge < -0.3 is 0 Å². The molecule has 0 aliphatic heterocycles. The lowest BCUT2D eigenvalue weighted by Gasteiger charge is -2.13. The van der Waals surface area contributed by atoms with E-state index in [9.17, 15) is 0 Å². The zero-order chi connectivity index (χ0) is 7.98. The largest absolute Gasteiger partial charge is 0.252 e. The van der Waals surface area contributed by atoms with Gasteiger partial charge in [-0.15, -0.1) is 0 Å². The van der Waals surface area contributed by atoms with Crippen LogP contribution in [0.3, 0.4) is 0 Å². The van der Waals surface area contributed by atoms with E-state index in [1.165, 1.54) is 0 Å². The van der Waals surface area contributed by atoms with Gasteiger partial charge in [-0.1, -0.05) is 27.2 Å². The molecule has 0 aromatic heterocycles. The molecule has 0 radical (unpaired) electrons. The highest BCUT2D eigenvalue weighted by Gasteiger charge is 2.08. The summed E-state index contributed by atoms with van der Waals surface area (Å²) in [6.45, 7) is 6.34. The van der Waals surface area contributed by atoms with Crippen molar-refractivity contribution in [2.45, 2.75) is 46.1 Å². The summed E-state index contributed by atoms with van der Waals surface area (Å²) in [6, 6.07) is 0. The van der Waals surface area contributed by atoms with Crippen molar-refractivity contribution < 1.29 is 10.1 Å². The van der Waals surface area contributed by atoms with Crippen molar-refractivity contribution in [2.75, 3.05) is 0 Å². The van der Waals surface area contributed by atoms with Crippen LogP contribution >= 0.6 is 0 Å². The summed E-state index contributed by atoms with van der Waals surface area (Å²) in [7, 11) is 0. The summed E-state index contributed by atoms with van der Waals surface area (Å²) in [4.78, 5) is 4.30. The molecule has 2 nitrogen and oxygen atoms in total. The minimum absolute atomic E-state index is 0.0463. The van der Waals surface area contributed by atoms with Gasteiger partial charge in [-0.05, 0) is 18.8 Å². The average Bonchev–Trinajstić information content (AvgIpc) is 1.86. The van der Waals surface area contributed by atoms with E-state index in [0.717, 1.165) is 19.3 Å². The van der Waals surface area contributed by atoms with Crippen LogP contribution in [0.1, 0.15) is 40.0 Å². The summed E-state index contributed by atoms with van der Waals surface area (Å²) in [5.74, 6) is 0.601. The van der Waals surface area contributed by atoms with Gasteiger partial charge >= 0.3 is 0 Å². The van der Waals surface area contributed by atoms with Crippen molar-refractivity contribution in [1.82, 2.24) is 0 Å². The molecule has 0 aromatic carbocycles. The Morgan fingerprint density at radius 1 is 1.40 bits per heavy atom. The normalized spacial score (nSPS) is 14.1. The Hall–Kier alpha value is -0.0800. The van der Waals surface area contributed by atoms with E-state index in [-0.39, 0.29) is 6.10 Å². The highest BCUT2D eigenvalue weighted by Crippen LogP contribution is 2.11. The lowest BCUT2D eigenvalue weighted by atomic mass is 10.0. The predicted octanol–water partition coefficient (Wildman–Crippen LogP) is 2.69. The second-order valence-electron chi connectivity index (χ2n) is 3.15. The molecule has 0 amide bonds.